The number of carbonyl (C=O) groups excluding carboxylic acids is 1. The molecule has 0 bridgehead atoms. The van der Waals surface area contributed by atoms with Gasteiger partial charge in [0, 0.05) is 40.3 Å². The number of rotatable bonds is 9. The molecule has 0 aliphatic carbocycles. The highest BCUT2D eigenvalue weighted by atomic mass is 32.2. The zero-order chi connectivity index (χ0) is 22.4. The Kier molecular flexibility index (Phi) is 7.69. The lowest BCUT2D eigenvalue weighted by Crippen LogP contribution is -2.46. The second-order valence-corrected chi connectivity index (χ2v) is 10.2. The Bertz CT molecular complexity index is 990. The monoisotopic (exact) mass is 444 g/mol. The number of hydrogen-bond donors (Lipinski definition) is 1. The van der Waals surface area contributed by atoms with Crippen LogP contribution in [0, 0.1) is 6.92 Å². The molecule has 7 nitrogen and oxygen atoms in total. The van der Waals surface area contributed by atoms with Gasteiger partial charge in [0.1, 0.15) is 6.54 Å². The second kappa shape index (κ2) is 10.3. The van der Waals surface area contributed by atoms with Gasteiger partial charge in [0.15, 0.2) is 0 Å². The Morgan fingerprint density at radius 3 is 2.42 bits per heavy atom. The smallest absolute Gasteiger partial charge is 0.304 e. The fraction of sp³-hybridized carbons (Fsp3) is 0.435. The highest BCUT2D eigenvalue weighted by molar-refractivity contribution is 7.90. The van der Waals surface area contributed by atoms with E-state index in [2.05, 4.69) is 34.5 Å². The number of nitrogens with one attached hydrogen (secondary N) is 1. The summed E-state index contributed by atoms with van der Waals surface area (Å²) in [5.41, 5.74) is 4.29. The van der Waals surface area contributed by atoms with Crippen LogP contribution in [0.4, 0.5) is 5.69 Å². The third kappa shape index (κ3) is 6.06. The summed E-state index contributed by atoms with van der Waals surface area (Å²) in [4.78, 5) is 14.9. The van der Waals surface area contributed by atoms with Gasteiger partial charge in [0.2, 0.25) is 5.91 Å². The number of fused-ring (bicyclic) bond motifs is 1. The summed E-state index contributed by atoms with van der Waals surface area (Å²) in [5.74, 6) is -0.310. The molecule has 8 heteroatoms. The van der Waals surface area contributed by atoms with E-state index in [1.165, 1.54) is 25.2 Å². The Labute approximate surface area is 185 Å². The summed E-state index contributed by atoms with van der Waals surface area (Å²) in [6, 6.07) is 15.6. The molecule has 1 aliphatic heterocycles. The lowest BCUT2D eigenvalue weighted by Gasteiger charge is -2.29. The van der Waals surface area contributed by atoms with Crippen molar-refractivity contribution in [3.63, 3.8) is 0 Å². The standard InChI is InChI=1S/C23H32N4O3S/c1-19-9-11-22(12-10-19)27(31(29,30)25(2)3)18-23(28)24-14-6-15-26-16-13-20-7-4-5-8-21(20)17-26/h4-5,7-12H,6,13-18H2,1-3H3,(H,24,28). The van der Waals surface area contributed by atoms with Crippen LogP contribution in [0.15, 0.2) is 48.5 Å². The zero-order valence-electron chi connectivity index (χ0n) is 18.5. The van der Waals surface area contributed by atoms with Crippen LogP contribution in [-0.4, -0.2) is 63.8 Å². The highest BCUT2D eigenvalue weighted by Gasteiger charge is 2.27. The van der Waals surface area contributed by atoms with Crippen molar-refractivity contribution in [3.05, 3.63) is 65.2 Å². The normalized spacial score (nSPS) is 14.3. The Balaban J connectivity index is 1.51. The maximum atomic E-state index is 12.8. The molecule has 0 radical (unpaired) electrons. The van der Waals surface area contributed by atoms with Crippen LogP contribution in [0.2, 0.25) is 0 Å². The number of carbonyl (C=O) groups is 1. The van der Waals surface area contributed by atoms with Crippen molar-refractivity contribution >= 4 is 21.8 Å². The molecule has 1 heterocycles. The van der Waals surface area contributed by atoms with E-state index in [-0.39, 0.29) is 12.5 Å². The Morgan fingerprint density at radius 1 is 1.06 bits per heavy atom. The summed E-state index contributed by atoms with van der Waals surface area (Å²) in [5, 5.41) is 2.87. The minimum atomic E-state index is -3.78. The number of hydrogen-bond acceptors (Lipinski definition) is 4. The van der Waals surface area contributed by atoms with Gasteiger partial charge in [-0.3, -0.25) is 9.69 Å². The molecule has 1 amide bonds. The number of amides is 1. The third-order valence-corrected chi connectivity index (χ3v) is 7.35. The van der Waals surface area contributed by atoms with Crippen LogP contribution in [0.1, 0.15) is 23.1 Å². The van der Waals surface area contributed by atoms with Crippen molar-refractivity contribution < 1.29 is 13.2 Å². The van der Waals surface area contributed by atoms with Crippen LogP contribution in [0.25, 0.3) is 0 Å². The Morgan fingerprint density at radius 2 is 1.74 bits per heavy atom. The second-order valence-electron chi connectivity index (χ2n) is 8.13. The van der Waals surface area contributed by atoms with Gasteiger partial charge in [0.25, 0.3) is 0 Å². The first-order valence-electron chi connectivity index (χ1n) is 10.6. The van der Waals surface area contributed by atoms with Crippen molar-refractivity contribution in [2.45, 2.75) is 26.3 Å². The molecule has 2 aromatic carbocycles. The molecule has 0 saturated heterocycles. The van der Waals surface area contributed by atoms with Gasteiger partial charge in [0.05, 0.1) is 5.69 Å². The third-order valence-electron chi connectivity index (χ3n) is 5.53. The van der Waals surface area contributed by atoms with E-state index in [4.69, 9.17) is 0 Å². The number of anilines is 1. The van der Waals surface area contributed by atoms with Gasteiger partial charge >= 0.3 is 10.2 Å². The molecule has 0 saturated carbocycles. The average Bonchev–Trinajstić information content (AvgIpc) is 2.75. The molecule has 0 fully saturated rings. The predicted octanol–water partition coefficient (Wildman–Crippen LogP) is 2.17. The number of benzene rings is 2. The highest BCUT2D eigenvalue weighted by Crippen LogP contribution is 2.20. The van der Waals surface area contributed by atoms with Crippen molar-refractivity contribution in [1.29, 1.82) is 0 Å². The summed E-state index contributed by atoms with van der Waals surface area (Å²) in [7, 11) is -0.852. The summed E-state index contributed by atoms with van der Waals surface area (Å²) in [6.07, 6.45) is 1.87. The molecule has 1 aliphatic rings. The van der Waals surface area contributed by atoms with Crippen molar-refractivity contribution in [3.8, 4) is 0 Å². The molecule has 1 N–H and O–H groups in total. The summed E-state index contributed by atoms with van der Waals surface area (Å²) >= 11 is 0. The van der Waals surface area contributed by atoms with Crippen LogP contribution < -0.4 is 9.62 Å². The first-order chi connectivity index (χ1) is 14.8. The summed E-state index contributed by atoms with van der Waals surface area (Å²) < 4.78 is 27.8. The average molecular weight is 445 g/mol. The van der Waals surface area contributed by atoms with E-state index in [1.807, 2.05) is 19.1 Å². The van der Waals surface area contributed by atoms with Gasteiger partial charge < -0.3 is 5.32 Å². The number of aryl methyl sites for hydroxylation is 1. The van der Waals surface area contributed by atoms with Crippen molar-refractivity contribution in [2.24, 2.45) is 0 Å². The molecule has 0 aromatic heterocycles. The van der Waals surface area contributed by atoms with Gasteiger partial charge in [-0.05, 0) is 43.0 Å². The van der Waals surface area contributed by atoms with E-state index in [0.717, 1.165) is 46.6 Å². The van der Waals surface area contributed by atoms with Gasteiger partial charge in [-0.25, -0.2) is 4.31 Å². The molecular weight excluding hydrogens is 412 g/mol. The quantitative estimate of drug-likeness (QED) is 0.602. The van der Waals surface area contributed by atoms with Crippen LogP contribution in [-0.2, 0) is 28.0 Å². The van der Waals surface area contributed by atoms with Gasteiger partial charge in [-0.15, -0.1) is 0 Å². The minimum Gasteiger partial charge on any atom is -0.354 e. The molecule has 0 unspecified atom stereocenters. The number of nitrogens with zero attached hydrogens (tertiary/aromatic N) is 3. The van der Waals surface area contributed by atoms with Gasteiger partial charge in [-0.2, -0.15) is 12.7 Å². The Hall–Kier alpha value is -2.42. The van der Waals surface area contributed by atoms with Crippen molar-refractivity contribution in [2.75, 3.05) is 44.6 Å². The fourth-order valence-electron chi connectivity index (χ4n) is 3.68. The van der Waals surface area contributed by atoms with Crippen molar-refractivity contribution in [1.82, 2.24) is 14.5 Å². The first-order valence-corrected chi connectivity index (χ1v) is 12.0. The fourth-order valence-corrected chi connectivity index (χ4v) is 4.74. The molecule has 3 rings (SSSR count). The predicted molar refractivity (Wildman–Crippen MR) is 124 cm³/mol. The van der Waals surface area contributed by atoms with E-state index < -0.39 is 10.2 Å². The first kappa shape index (κ1) is 23.2. The SMILES string of the molecule is Cc1ccc(N(CC(=O)NCCCN2CCc3ccccc3C2)S(=O)(=O)N(C)C)cc1. The van der Waals surface area contributed by atoms with E-state index in [1.54, 1.807) is 12.1 Å². The van der Waals surface area contributed by atoms with Crippen LogP contribution >= 0.6 is 0 Å². The molecule has 0 spiro atoms. The zero-order valence-corrected chi connectivity index (χ0v) is 19.4. The molecule has 0 atom stereocenters. The summed E-state index contributed by atoms with van der Waals surface area (Å²) in [6.45, 7) is 5.05. The lowest BCUT2D eigenvalue weighted by atomic mass is 10.00. The maximum Gasteiger partial charge on any atom is 0.304 e. The maximum absolute atomic E-state index is 12.8. The largest absolute Gasteiger partial charge is 0.354 e. The molecular formula is C23H32N4O3S. The van der Waals surface area contributed by atoms with E-state index in [0.29, 0.717) is 12.2 Å². The van der Waals surface area contributed by atoms with E-state index >= 15 is 0 Å². The van der Waals surface area contributed by atoms with Gasteiger partial charge in [-0.1, -0.05) is 42.0 Å². The van der Waals surface area contributed by atoms with E-state index in [9.17, 15) is 13.2 Å². The minimum absolute atomic E-state index is 0.249. The van der Waals surface area contributed by atoms with Crippen LogP contribution in [0.5, 0.6) is 0 Å². The van der Waals surface area contributed by atoms with Crippen LogP contribution in [0.3, 0.4) is 0 Å². The molecule has 168 valence electrons. The molecule has 2 aromatic rings. The molecule has 31 heavy (non-hydrogen) atoms. The topological polar surface area (TPSA) is 73.0 Å². The lowest BCUT2D eigenvalue weighted by molar-refractivity contribution is -0.119.